The summed E-state index contributed by atoms with van der Waals surface area (Å²) in [4.78, 5) is 13.0. The zero-order valence-electron chi connectivity index (χ0n) is 32.5. The Balaban J connectivity index is 2.51. The first-order chi connectivity index (χ1) is 25.2. The van der Waals surface area contributed by atoms with Gasteiger partial charge < -0.3 is 50.5 Å². The molecule has 1 fully saturated rings. The van der Waals surface area contributed by atoms with E-state index in [0.717, 1.165) is 57.8 Å². The summed E-state index contributed by atoms with van der Waals surface area (Å²) in [6.45, 7) is 3.34. The summed E-state index contributed by atoms with van der Waals surface area (Å²) < 4.78 is 11.0. The number of hydrogen-bond donors (Lipinski definition) is 8. The predicted molar refractivity (Wildman–Crippen MR) is 205 cm³/mol. The van der Waals surface area contributed by atoms with E-state index in [9.17, 15) is 40.5 Å². The normalized spacial score (nSPS) is 23.3. The molecule has 0 aromatic heterocycles. The highest BCUT2D eigenvalue weighted by molar-refractivity contribution is 5.80. The van der Waals surface area contributed by atoms with Gasteiger partial charge >= 0.3 is 0 Å². The number of aliphatic hydroxyl groups excluding tert-OH is 7. The summed E-state index contributed by atoms with van der Waals surface area (Å²) in [6.07, 6.45) is 21.1. The van der Waals surface area contributed by atoms with Crippen LogP contribution in [0, 0.1) is 0 Å². The summed E-state index contributed by atoms with van der Waals surface area (Å²) in [5.74, 6) is -0.715. The Hall–Kier alpha value is -1.41. The lowest BCUT2D eigenvalue weighted by Gasteiger charge is -2.40. The number of nitrogens with one attached hydrogen (secondary N) is 1. The van der Waals surface area contributed by atoms with E-state index in [1.165, 1.54) is 64.2 Å². The highest BCUT2D eigenvalue weighted by atomic mass is 16.7. The van der Waals surface area contributed by atoms with Crippen LogP contribution in [0.4, 0.5) is 0 Å². The Morgan fingerprint density at radius 1 is 0.654 bits per heavy atom. The lowest BCUT2D eigenvalue weighted by molar-refractivity contribution is -0.303. The minimum atomic E-state index is -1.66. The van der Waals surface area contributed by atoms with Crippen LogP contribution in [-0.2, 0) is 14.3 Å². The number of allylic oxidation sites excluding steroid dienone is 4. The molecule has 0 spiro atoms. The van der Waals surface area contributed by atoms with Crippen molar-refractivity contribution in [1.82, 2.24) is 5.32 Å². The number of unbranched alkanes of at least 4 members (excludes halogenated alkanes) is 17. The molecule has 0 bridgehead atoms. The highest BCUT2D eigenvalue weighted by Gasteiger charge is 2.44. The summed E-state index contributed by atoms with van der Waals surface area (Å²) in [7, 11) is 0. The molecule has 52 heavy (non-hydrogen) atoms. The number of ether oxygens (including phenoxy) is 2. The third kappa shape index (κ3) is 22.1. The second kappa shape index (κ2) is 31.9. The van der Waals surface area contributed by atoms with E-state index in [1.807, 2.05) is 0 Å². The van der Waals surface area contributed by atoms with Gasteiger partial charge in [0.1, 0.15) is 36.6 Å². The third-order valence-corrected chi connectivity index (χ3v) is 9.98. The van der Waals surface area contributed by atoms with Crippen molar-refractivity contribution >= 4 is 5.91 Å². The predicted octanol–water partition coefficient (Wildman–Crippen LogP) is 5.49. The molecular formula is C41H77NO10. The van der Waals surface area contributed by atoms with Gasteiger partial charge in [-0.15, -0.1) is 0 Å². The molecule has 306 valence electrons. The molecule has 0 radical (unpaired) electrons. The standard InChI is InChI=1S/C41H77NO10/c1-3-5-7-9-11-13-14-15-16-17-18-19-21-23-25-27-29-34(45)40(50)42-32(31-51-41-39(49)38(48)37(47)35(30-43)52-41)36(46)33(44)28-26-24-22-20-12-10-8-6-4-2/h15-16,20,22,32-39,41,43-49H,3-14,17-19,21,23-31H2,1-2H3,(H,42,50)/b16-15-,22-20+. The van der Waals surface area contributed by atoms with Gasteiger partial charge in [0.15, 0.2) is 6.29 Å². The average molecular weight is 744 g/mol. The van der Waals surface area contributed by atoms with Gasteiger partial charge in [0.2, 0.25) is 5.91 Å². The Morgan fingerprint density at radius 3 is 1.67 bits per heavy atom. The minimum absolute atomic E-state index is 0.247. The van der Waals surface area contributed by atoms with Gasteiger partial charge in [-0.25, -0.2) is 0 Å². The van der Waals surface area contributed by atoms with Crippen LogP contribution in [0.15, 0.2) is 24.3 Å². The molecule has 11 nitrogen and oxygen atoms in total. The van der Waals surface area contributed by atoms with Gasteiger partial charge in [0.25, 0.3) is 0 Å². The molecule has 1 rings (SSSR count). The Kier molecular flexibility index (Phi) is 29.8. The molecule has 1 aliphatic rings. The maximum Gasteiger partial charge on any atom is 0.249 e. The molecule has 0 saturated carbocycles. The maximum absolute atomic E-state index is 13.0. The van der Waals surface area contributed by atoms with Crippen LogP contribution in [0.25, 0.3) is 0 Å². The molecule has 1 heterocycles. The number of carbonyl (C=O) groups excluding carboxylic acids is 1. The first kappa shape index (κ1) is 48.6. The molecule has 1 saturated heterocycles. The number of aliphatic hydroxyl groups is 7. The van der Waals surface area contributed by atoms with Gasteiger partial charge in [-0.05, 0) is 64.2 Å². The van der Waals surface area contributed by atoms with Crippen LogP contribution in [0.3, 0.4) is 0 Å². The second-order valence-electron chi connectivity index (χ2n) is 14.7. The largest absolute Gasteiger partial charge is 0.394 e. The fraction of sp³-hybridized carbons (Fsp3) is 0.878. The van der Waals surface area contributed by atoms with Crippen molar-refractivity contribution in [3.8, 4) is 0 Å². The molecule has 9 atom stereocenters. The Morgan fingerprint density at radius 2 is 1.13 bits per heavy atom. The first-order valence-electron chi connectivity index (χ1n) is 20.7. The van der Waals surface area contributed by atoms with Crippen LogP contribution >= 0.6 is 0 Å². The van der Waals surface area contributed by atoms with Crippen molar-refractivity contribution in [3.05, 3.63) is 24.3 Å². The summed E-state index contributed by atoms with van der Waals surface area (Å²) >= 11 is 0. The van der Waals surface area contributed by atoms with Crippen molar-refractivity contribution in [2.24, 2.45) is 0 Å². The monoisotopic (exact) mass is 744 g/mol. The molecule has 0 aromatic carbocycles. The third-order valence-electron chi connectivity index (χ3n) is 9.98. The molecule has 1 amide bonds. The lowest BCUT2D eigenvalue weighted by atomic mass is 9.98. The van der Waals surface area contributed by atoms with Crippen molar-refractivity contribution in [2.75, 3.05) is 13.2 Å². The van der Waals surface area contributed by atoms with E-state index in [0.29, 0.717) is 12.8 Å². The number of hydrogen-bond acceptors (Lipinski definition) is 10. The first-order valence-corrected chi connectivity index (χ1v) is 20.7. The molecule has 0 aliphatic carbocycles. The second-order valence-corrected chi connectivity index (χ2v) is 14.7. The van der Waals surface area contributed by atoms with Crippen molar-refractivity contribution in [3.63, 3.8) is 0 Å². The van der Waals surface area contributed by atoms with Crippen molar-refractivity contribution < 1.29 is 50.0 Å². The summed E-state index contributed by atoms with van der Waals surface area (Å²) in [5.41, 5.74) is 0. The summed E-state index contributed by atoms with van der Waals surface area (Å²) in [5, 5.41) is 75.2. The van der Waals surface area contributed by atoms with E-state index < -0.39 is 74.2 Å². The highest BCUT2D eigenvalue weighted by Crippen LogP contribution is 2.23. The molecular weight excluding hydrogens is 666 g/mol. The van der Waals surface area contributed by atoms with Gasteiger partial charge in [-0.3, -0.25) is 4.79 Å². The maximum atomic E-state index is 13.0. The van der Waals surface area contributed by atoms with Gasteiger partial charge in [-0.2, -0.15) is 0 Å². The lowest BCUT2D eigenvalue weighted by Crippen LogP contribution is -2.60. The van der Waals surface area contributed by atoms with E-state index in [4.69, 9.17) is 9.47 Å². The minimum Gasteiger partial charge on any atom is -0.394 e. The molecule has 9 unspecified atom stereocenters. The fourth-order valence-electron chi connectivity index (χ4n) is 6.43. The van der Waals surface area contributed by atoms with Gasteiger partial charge in [-0.1, -0.05) is 122 Å². The zero-order valence-corrected chi connectivity index (χ0v) is 32.5. The number of carbonyl (C=O) groups is 1. The topological polar surface area (TPSA) is 189 Å². The number of amides is 1. The fourth-order valence-corrected chi connectivity index (χ4v) is 6.43. The molecule has 0 aromatic rings. The van der Waals surface area contributed by atoms with Gasteiger partial charge in [0, 0.05) is 0 Å². The Labute approximate surface area is 314 Å². The molecule has 8 N–H and O–H groups in total. The van der Waals surface area contributed by atoms with E-state index in [2.05, 4.69) is 43.5 Å². The van der Waals surface area contributed by atoms with Crippen LogP contribution in [0.1, 0.15) is 162 Å². The van der Waals surface area contributed by atoms with E-state index >= 15 is 0 Å². The zero-order chi connectivity index (χ0) is 38.4. The Bertz CT molecular complexity index is 903. The van der Waals surface area contributed by atoms with Crippen LogP contribution in [-0.4, -0.2) is 110 Å². The smallest absolute Gasteiger partial charge is 0.249 e. The van der Waals surface area contributed by atoms with Crippen LogP contribution < -0.4 is 5.32 Å². The van der Waals surface area contributed by atoms with Crippen LogP contribution in [0.2, 0.25) is 0 Å². The molecule has 1 aliphatic heterocycles. The quantitative estimate of drug-likeness (QED) is 0.0315. The summed E-state index contributed by atoms with van der Waals surface area (Å²) in [6, 6.07) is -1.18. The van der Waals surface area contributed by atoms with Crippen molar-refractivity contribution in [2.45, 2.75) is 217 Å². The SMILES string of the molecule is CCCCCC/C=C/CCCC(O)C(O)C(COC1OC(CO)C(O)C(O)C1O)NC(=O)C(O)CCCCCCCC/C=C\CCCCCCCC. The number of rotatable bonds is 33. The van der Waals surface area contributed by atoms with E-state index in [1.54, 1.807) is 0 Å². The molecule has 11 heteroatoms. The van der Waals surface area contributed by atoms with Gasteiger partial charge in [0.05, 0.1) is 25.4 Å². The average Bonchev–Trinajstić information content (AvgIpc) is 3.14. The van der Waals surface area contributed by atoms with E-state index in [-0.39, 0.29) is 12.8 Å². The van der Waals surface area contributed by atoms with Crippen molar-refractivity contribution in [1.29, 1.82) is 0 Å². The van der Waals surface area contributed by atoms with Crippen LogP contribution in [0.5, 0.6) is 0 Å².